The van der Waals surface area contributed by atoms with Gasteiger partial charge in [-0.15, -0.1) is 0 Å². The number of nitrogens with zero attached hydrogens (tertiary/aromatic N) is 5. The van der Waals surface area contributed by atoms with Crippen molar-refractivity contribution in [2.75, 3.05) is 37.0 Å². The molecule has 7 nitrogen and oxygen atoms in total. The van der Waals surface area contributed by atoms with Crippen LogP contribution in [0.15, 0.2) is 29.3 Å². The fourth-order valence-corrected chi connectivity index (χ4v) is 4.70. The van der Waals surface area contributed by atoms with E-state index >= 15 is 0 Å². The van der Waals surface area contributed by atoms with Crippen molar-refractivity contribution in [3.05, 3.63) is 40.7 Å². The number of fused-ring (bicyclic) bond motifs is 1. The first-order chi connectivity index (χ1) is 13.9. The van der Waals surface area contributed by atoms with Crippen molar-refractivity contribution in [1.29, 1.82) is 0 Å². The number of pyridine rings is 1. The van der Waals surface area contributed by atoms with Gasteiger partial charge in [0.15, 0.2) is 5.82 Å². The van der Waals surface area contributed by atoms with Crippen LogP contribution >= 0.6 is 11.8 Å². The standard InChI is InChI=1S/C20H24FN5O2S/c1-24-18(28)8-16(12-4-6-22-9-15(12)21)23-20(24)25(2)19-13-10-26(11-14(13)19)17(27)5-7-29-3/h4,6,8-9,13-14,19H,5,7,10-11H2,1-3H3/t13-,14+,19?. The van der Waals surface area contributed by atoms with Crippen molar-refractivity contribution >= 4 is 23.6 Å². The highest BCUT2D eigenvalue weighted by molar-refractivity contribution is 7.98. The van der Waals surface area contributed by atoms with Crippen molar-refractivity contribution in [3.8, 4) is 11.3 Å². The summed E-state index contributed by atoms with van der Waals surface area (Å²) in [5.41, 5.74) is 0.316. The maximum absolute atomic E-state index is 14.1. The number of anilines is 1. The summed E-state index contributed by atoms with van der Waals surface area (Å²) in [5, 5.41) is 0. The maximum Gasteiger partial charge on any atom is 0.255 e. The summed E-state index contributed by atoms with van der Waals surface area (Å²) >= 11 is 1.68. The molecule has 154 valence electrons. The zero-order valence-corrected chi connectivity index (χ0v) is 17.5. The quantitative estimate of drug-likeness (QED) is 0.712. The Morgan fingerprint density at radius 3 is 2.76 bits per heavy atom. The number of carbonyl (C=O) groups excluding carboxylic acids is 1. The molecule has 0 bridgehead atoms. The average Bonchev–Trinajstić information content (AvgIpc) is 3.21. The van der Waals surface area contributed by atoms with Gasteiger partial charge >= 0.3 is 0 Å². The molecule has 2 aromatic heterocycles. The Bertz CT molecular complexity index is 985. The number of piperidine rings is 1. The van der Waals surface area contributed by atoms with Gasteiger partial charge < -0.3 is 9.80 Å². The molecular weight excluding hydrogens is 393 g/mol. The van der Waals surface area contributed by atoms with E-state index < -0.39 is 5.82 Å². The highest BCUT2D eigenvalue weighted by Gasteiger charge is 2.59. The molecule has 2 aliphatic rings. The second-order valence-corrected chi connectivity index (χ2v) is 8.65. The second-order valence-electron chi connectivity index (χ2n) is 7.66. The number of amides is 1. The van der Waals surface area contributed by atoms with E-state index in [1.807, 2.05) is 23.1 Å². The summed E-state index contributed by atoms with van der Waals surface area (Å²) in [4.78, 5) is 37.0. The second kappa shape index (κ2) is 7.78. The smallest absolute Gasteiger partial charge is 0.255 e. The molecular formula is C20H24FN5O2S. The summed E-state index contributed by atoms with van der Waals surface area (Å²) in [6.07, 6.45) is 5.18. The van der Waals surface area contributed by atoms with Crippen LogP contribution in [-0.4, -0.2) is 63.5 Å². The lowest BCUT2D eigenvalue weighted by Gasteiger charge is -2.26. The van der Waals surface area contributed by atoms with Gasteiger partial charge in [-0.25, -0.2) is 9.37 Å². The number of aromatic nitrogens is 3. The summed E-state index contributed by atoms with van der Waals surface area (Å²) in [6.45, 7) is 1.50. The molecule has 1 aliphatic heterocycles. The minimum absolute atomic E-state index is 0.216. The molecule has 0 N–H and O–H groups in total. The van der Waals surface area contributed by atoms with E-state index in [0.717, 1.165) is 25.0 Å². The number of hydrogen-bond donors (Lipinski definition) is 0. The van der Waals surface area contributed by atoms with Gasteiger partial charge in [0, 0.05) is 75.1 Å². The van der Waals surface area contributed by atoms with E-state index in [2.05, 4.69) is 9.97 Å². The van der Waals surface area contributed by atoms with Gasteiger partial charge in [0.05, 0.1) is 11.9 Å². The Hall–Kier alpha value is -2.42. The van der Waals surface area contributed by atoms with Crippen LogP contribution in [0.4, 0.5) is 10.3 Å². The normalized spacial score (nSPS) is 22.5. The van der Waals surface area contributed by atoms with E-state index in [0.29, 0.717) is 29.9 Å². The molecule has 9 heteroatoms. The lowest BCUT2D eigenvalue weighted by Crippen LogP contribution is -2.38. The monoisotopic (exact) mass is 417 g/mol. The number of hydrogen-bond acceptors (Lipinski definition) is 6. The third kappa shape index (κ3) is 3.63. The fourth-order valence-electron chi connectivity index (χ4n) is 4.32. The zero-order chi connectivity index (χ0) is 20.7. The van der Waals surface area contributed by atoms with E-state index in [1.165, 1.54) is 22.9 Å². The molecule has 4 rings (SSSR count). The number of carbonyl (C=O) groups is 1. The highest BCUT2D eigenvalue weighted by atomic mass is 32.2. The molecule has 0 radical (unpaired) electrons. The average molecular weight is 418 g/mol. The molecule has 0 aromatic carbocycles. The van der Waals surface area contributed by atoms with E-state index in [1.54, 1.807) is 18.8 Å². The van der Waals surface area contributed by atoms with Crippen molar-refractivity contribution in [2.45, 2.75) is 12.5 Å². The first kappa shape index (κ1) is 19.9. The molecule has 3 atom stereocenters. The lowest BCUT2D eigenvalue weighted by molar-refractivity contribution is -0.130. The number of likely N-dealkylation sites (tertiary alicyclic amines) is 1. The molecule has 2 aromatic rings. The van der Waals surface area contributed by atoms with Gasteiger partial charge in [-0.3, -0.25) is 19.1 Å². The van der Waals surface area contributed by atoms with Crippen molar-refractivity contribution in [3.63, 3.8) is 0 Å². The third-order valence-corrected chi connectivity index (χ3v) is 6.56. The number of thioether (sulfide) groups is 1. The Kier molecular flexibility index (Phi) is 5.33. The molecule has 29 heavy (non-hydrogen) atoms. The topological polar surface area (TPSA) is 71.3 Å². The molecule has 2 fully saturated rings. The molecule has 1 unspecified atom stereocenters. The highest BCUT2D eigenvalue weighted by Crippen LogP contribution is 2.49. The first-order valence-electron chi connectivity index (χ1n) is 9.60. The maximum atomic E-state index is 14.1. The van der Waals surface area contributed by atoms with Gasteiger partial charge in [0.25, 0.3) is 5.56 Å². The van der Waals surface area contributed by atoms with Crippen LogP contribution in [0.2, 0.25) is 0 Å². The van der Waals surface area contributed by atoms with Gasteiger partial charge in [-0.05, 0) is 12.3 Å². The number of halogens is 1. The van der Waals surface area contributed by atoms with E-state index in [-0.39, 0.29) is 23.1 Å². The van der Waals surface area contributed by atoms with Crippen LogP contribution in [0.5, 0.6) is 0 Å². The predicted molar refractivity (Wildman–Crippen MR) is 111 cm³/mol. The van der Waals surface area contributed by atoms with Crippen molar-refractivity contribution < 1.29 is 9.18 Å². The Labute approximate surface area is 172 Å². The molecule has 3 heterocycles. The Balaban J connectivity index is 1.53. The zero-order valence-electron chi connectivity index (χ0n) is 16.7. The summed E-state index contributed by atoms with van der Waals surface area (Å²) in [7, 11) is 3.58. The lowest BCUT2D eigenvalue weighted by atomic mass is 10.2. The summed E-state index contributed by atoms with van der Waals surface area (Å²) in [6, 6.07) is 3.09. The molecule has 1 saturated carbocycles. The first-order valence-corrected chi connectivity index (χ1v) is 11.0. The number of rotatable bonds is 6. The van der Waals surface area contributed by atoms with Gasteiger partial charge in [-0.2, -0.15) is 11.8 Å². The van der Waals surface area contributed by atoms with Gasteiger partial charge in [0.1, 0.15) is 0 Å². The Morgan fingerprint density at radius 2 is 2.10 bits per heavy atom. The van der Waals surface area contributed by atoms with Crippen LogP contribution in [-0.2, 0) is 11.8 Å². The molecule has 1 amide bonds. The van der Waals surface area contributed by atoms with Crippen molar-refractivity contribution in [1.82, 2.24) is 19.4 Å². The molecule has 1 aliphatic carbocycles. The summed E-state index contributed by atoms with van der Waals surface area (Å²) in [5.74, 6) is 1.83. The van der Waals surface area contributed by atoms with Gasteiger partial charge in [-0.1, -0.05) is 0 Å². The van der Waals surface area contributed by atoms with Crippen LogP contribution in [0.1, 0.15) is 6.42 Å². The van der Waals surface area contributed by atoms with Gasteiger partial charge in [0.2, 0.25) is 11.9 Å². The third-order valence-electron chi connectivity index (χ3n) is 5.94. The summed E-state index contributed by atoms with van der Waals surface area (Å²) < 4.78 is 15.6. The van der Waals surface area contributed by atoms with Crippen LogP contribution < -0.4 is 10.5 Å². The molecule has 1 saturated heterocycles. The minimum atomic E-state index is -0.510. The van der Waals surface area contributed by atoms with Crippen LogP contribution in [0.25, 0.3) is 11.3 Å². The fraction of sp³-hybridized carbons (Fsp3) is 0.500. The van der Waals surface area contributed by atoms with Crippen LogP contribution in [0, 0.1) is 17.7 Å². The van der Waals surface area contributed by atoms with Crippen LogP contribution in [0.3, 0.4) is 0 Å². The molecule has 0 spiro atoms. The SMILES string of the molecule is CSCCC(=O)N1C[C@@H]2C(N(C)c3nc(-c4ccncc4F)cc(=O)n3C)[C@@H]2C1. The minimum Gasteiger partial charge on any atom is -0.342 e. The predicted octanol–water partition coefficient (Wildman–Crippen LogP) is 1.63. The van der Waals surface area contributed by atoms with Crippen molar-refractivity contribution in [2.24, 2.45) is 18.9 Å². The van der Waals surface area contributed by atoms with E-state index in [9.17, 15) is 14.0 Å². The largest absolute Gasteiger partial charge is 0.342 e. The Morgan fingerprint density at radius 1 is 1.38 bits per heavy atom. The van der Waals surface area contributed by atoms with E-state index in [4.69, 9.17) is 0 Å².